The van der Waals surface area contributed by atoms with Gasteiger partial charge in [-0.1, -0.05) is 28.7 Å². The van der Waals surface area contributed by atoms with Gasteiger partial charge in [-0.25, -0.2) is 4.79 Å². The lowest BCUT2D eigenvalue weighted by molar-refractivity contribution is -0.479. The fourth-order valence-electron chi connectivity index (χ4n) is 1.66. The molecule has 1 aromatic rings. The van der Waals surface area contributed by atoms with Crippen molar-refractivity contribution in [2.75, 3.05) is 13.7 Å². The lowest BCUT2D eigenvalue weighted by Gasteiger charge is -2.14. The van der Waals surface area contributed by atoms with Crippen LogP contribution in [0.4, 0.5) is 0 Å². The van der Waals surface area contributed by atoms with Crippen LogP contribution < -0.4 is 0 Å². The van der Waals surface area contributed by atoms with Crippen LogP contribution in [-0.2, 0) is 28.0 Å². The molecule has 0 aliphatic heterocycles. The summed E-state index contributed by atoms with van der Waals surface area (Å²) in [6.45, 7) is -0.414. The fourth-order valence-corrected chi connectivity index (χ4v) is 2.54. The van der Waals surface area contributed by atoms with Crippen molar-refractivity contribution in [1.29, 1.82) is 0 Å². The molecule has 0 aromatic heterocycles. The summed E-state index contributed by atoms with van der Waals surface area (Å²) >= 11 is 3.67. The Bertz CT molecular complexity index is 562. The number of carbonyl (C=O) groups is 1. The first-order valence-corrected chi connectivity index (χ1v) is 7.05. The monoisotopic (exact) mass is 320 g/mol. The van der Waals surface area contributed by atoms with Gasteiger partial charge in [-0.15, -0.1) is 0 Å². The number of hydrogen-bond donors (Lipinski definition) is 0. The van der Waals surface area contributed by atoms with E-state index in [-0.39, 0.29) is 28.3 Å². The van der Waals surface area contributed by atoms with Crippen LogP contribution in [0.15, 0.2) is 12.1 Å². The Morgan fingerprint density at radius 2 is 2.15 bits per heavy atom. The van der Waals surface area contributed by atoms with Crippen LogP contribution in [-0.4, -0.2) is 33.3 Å². The van der Waals surface area contributed by atoms with Crippen LogP contribution in [0.5, 0.6) is 0 Å². The van der Waals surface area contributed by atoms with E-state index in [9.17, 15) is 23.7 Å². The Labute approximate surface area is 122 Å². The number of hydrogen-bond acceptors (Lipinski definition) is 6. The summed E-state index contributed by atoms with van der Waals surface area (Å²) in [5.41, 5.74) is 0.654. The third kappa shape index (κ3) is 4.26. The second-order valence-corrected chi connectivity index (χ2v) is 5.08. The molecule has 1 rings (SSSR count). The van der Waals surface area contributed by atoms with Crippen molar-refractivity contribution < 1.29 is 23.2 Å². The SMILES string of the molecule is COC(=O)c1ccc(CS(=O)[O-])c(CC[N+](=O)[O-])c1Cl. The molecule has 9 heteroatoms. The highest BCUT2D eigenvalue weighted by molar-refractivity contribution is 7.78. The zero-order valence-electron chi connectivity index (χ0n) is 10.5. The number of halogens is 1. The topological polar surface area (TPSA) is 110 Å². The van der Waals surface area contributed by atoms with E-state index < -0.39 is 28.5 Å². The number of rotatable bonds is 6. The highest BCUT2D eigenvalue weighted by Gasteiger charge is 2.18. The zero-order chi connectivity index (χ0) is 15.3. The first-order valence-electron chi connectivity index (χ1n) is 5.43. The number of benzene rings is 1. The molecule has 0 fully saturated rings. The van der Waals surface area contributed by atoms with Crippen molar-refractivity contribution >= 4 is 28.7 Å². The minimum Gasteiger partial charge on any atom is -0.772 e. The molecular formula is C11H11ClNO6S-. The summed E-state index contributed by atoms with van der Waals surface area (Å²) in [6.07, 6.45) is -0.0663. The van der Waals surface area contributed by atoms with Gasteiger partial charge in [-0.2, -0.15) is 0 Å². The van der Waals surface area contributed by atoms with Gasteiger partial charge in [0.05, 0.1) is 17.7 Å². The molecule has 0 radical (unpaired) electrons. The van der Waals surface area contributed by atoms with Gasteiger partial charge in [0, 0.05) is 17.1 Å². The fraction of sp³-hybridized carbons (Fsp3) is 0.364. The van der Waals surface area contributed by atoms with Crippen molar-refractivity contribution in [3.8, 4) is 0 Å². The predicted octanol–water partition coefficient (Wildman–Crippen LogP) is 1.32. The molecule has 110 valence electrons. The van der Waals surface area contributed by atoms with E-state index >= 15 is 0 Å². The molecular weight excluding hydrogens is 310 g/mol. The Hall–Kier alpha value is -1.51. The minimum atomic E-state index is -2.36. The van der Waals surface area contributed by atoms with Gasteiger partial charge in [-0.05, 0) is 17.2 Å². The molecule has 0 aliphatic carbocycles. The molecule has 1 atom stereocenters. The van der Waals surface area contributed by atoms with Crippen molar-refractivity contribution in [1.82, 2.24) is 0 Å². The van der Waals surface area contributed by atoms with Crippen LogP contribution in [0.2, 0.25) is 5.02 Å². The van der Waals surface area contributed by atoms with Crippen molar-refractivity contribution in [3.63, 3.8) is 0 Å². The average molecular weight is 321 g/mol. The number of methoxy groups -OCH3 is 1. The number of ether oxygens (including phenoxy) is 1. The lowest BCUT2D eigenvalue weighted by Crippen LogP contribution is -2.11. The molecule has 0 amide bonds. The first-order chi connectivity index (χ1) is 9.36. The van der Waals surface area contributed by atoms with Gasteiger partial charge in [0.25, 0.3) is 0 Å². The van der Waals surface area contributed by atoms with E-state index in [0.29, 0.717) is 5.56 Å². The van der Waals surface area contributed by atoms with Crippen LogP contribution in [0.3, 0.4) is 0 Å². The molecule has 0 N–H and O–H groups in total. The average Bonchev–Trinajstić information content (AvgIpc) is 2.36. The van der Waals surface area contributed by atoms with Crippen LogP contribution in [0.25, 0.3) is 0 Å². The zero-order valence-corrected chi connectivity index (χ0v) is 12.0. The maximum absolute atomic E-state index is 11.5. The molecule has 1 unspecified atom stereocenters. The molecule has 0 spiro atoms. The molecule has 0 heterocycles. The summed E-state index contributed by atoms with van der Waals surface area (Å²) in [6, 6.07) is 2.75. The molecule has 20 heavy (non-hydrogen) atoms. The maximum atomic E-state index is 11.5. The van der Waals surface area contributed by atoms with E-state index in [4.69, 9.17) is 11.6 Å². The van der Waals surface area contributed by atoms with Gasteiger partial charge in [-0.3, -0.25) is 14.3 Å². The normalized spacial score (nSPS) is 11.9. The molecule has 7 nitrogen and oxygen atoms in total. The summed E-state index contributed by atoms with van der Waals surface area (Å²) in [4.78, 5) is 21.4. The third-order valence-corrected chi connectivity index (χ3v) is 3.54. The summed E-state index contributed by atoms with van der Waals surface area (Å²) in [7, 11) is 1.18. The van der Waals surface area contributed by atoms with E-state index in [1.807, 2.05) is 0 Å². The molecule has 0 bridgehead atoms. The summed E-state index contributed by atoms with van der Waals surface area (Å²) in [5, 5.41) is 10.4. The second kappa shape index (κ2) is 7.32. The standard InChI is InChI=1S/C11H12ClNO6S/c1-19-11(14)9-3-2-7(6-20(17)18)8(10(9)12)4-5-13(15)16/h2-3H,4-6H2,1H3,(H,17,18)/p-1. The summed E-state index contributed by atoms with van der Waals surface area (Å²) < 4.78 is 26.1. The summed E-state index contributed by atoms with van der Waals surface area (Å²) in [5.74, 6) is -1.01. The van der Waals surface area contributed by atoms with E-state index in [1.165, 1.54) is 19.2 Å². The lowest BCUT2D eigenvalue weighted by atomic mass is 10.0. The molecule has 0 saturated carbocycles. The van der Waals surface area contributed by atoms with Gasteiger partial charge < -0.3 is 9.29 Å². The van der Waals surface area contributed by atoms with Gasteiger partial charge >= 0.3 is 5.97 Å². The van der Waals surface area contributed by atoms with Gasteiger partial charge in [0.15, 0.2) is 0 Å². The van der Waals surface area contributed by atoms with Crippen molar-refractivity contribution in [2.45, 2.75) is 12.2 Å². The van der Waals surface area contributed by atoms with Crippen molar-refractivity contribution in [2.24, 2.45) is 0 Å². The van der Waals surface area contributed by atoms with Crippen LogP contribution in [0, 0.1) is 10.1 Å². The molecule has 0 saturated heterocycles. The van der Waals surface area contributed by atoms with E-state index in [1.54, 1.807) is 0 Å². The number of nitrogens with zero attached hydrogens (tertiary/aromatic N) is 1. The number of nitro groups is 1. The first kappa shape index (κ1) is 16.5. The Balaban J connectivity index is 3.25. The maximum Gasteiger partial charge on any atom is 0.339 e. The van der Waals surface area contributed by atoms with Crippen molar-refractivity contribution in [3.05, 3.63) is 44.0 Å². The largest absolute Gasteiger partial charge is 0.772 e. The second-order valence-electron chi connectivity index (χ2n) is 3.81. The number of esters is 1. The van der Waals surface area contributed by atoms with E-state index in [2.05, 4.69) is 4.74 Å². The van der Waals surface area contributed by atoms with E-state index in [0.717, 1.165) is 0 Å². The van der Waals surface area contributed by atoms with Crippen LogP contribution in [0.1, 0.15) is 21.5 Å². The molecule has 1 aromatic carbocycles. The molecule has 0 aliphatic rings. The van der Waals surface area contributed by atoms with Crippen LogP contribution >= 0.6 is 11.6 Å². The quantitative estimate of drug-likeness (QED) is 0.338. The Morgan fingerprint density at radius 1 is 1.50 bits per heavy atom. The predicted molar refractivity (Wildman–Crippen MR) is 71.0 cm³/mol. The smallest absolute Gasteiger partial charge is 0.339 e. The third-order valence-electron chi connectivity index (χ3n) is 2.56. The Kier molecular flexibility index (Phi) is 6.05. The Morgan fingerprint density at radius 3 is 2.65 bits per heavy atom. The van der Waals surface area contributed by atoms with Gasteiger partial charge in [0.1, 0.15) is 0 Å². The highest BCUT2D eigenvalue weighted by Crippen LogP contribution is 2.27. The number of carbonyl (C=O) groups excluding carboxylic acids is 1. The van der Waals surface area contributed by atoms with Gasteiger partial charge in [0.2, 0.25) is 6.54 Å². The minimum absolute atomic E-state index is 0.0124. The highest BCUT2D eigenvalue weighted by atomic mass is 35.5.